The van der Waals surface area contributed by atoms with E-state index in [4.69, 9.17) is 12.2 Å². The molecule has 0 spiro atoms. The monoisotopic (exact) mass is 373 g/mol. The molecule has 0 atom stereocenters. The Balaban J connectivity index is 2.29. The molecular weight excluding hydrogens is 367 g/mol. The zero-order chi connectivity index (χ0) is 15.2. The van der Waals surface area contributed by atoms with Crippen molar-refractivity contribution in [3.8, 4) is 5.69 Å². The molecule has 0 amide bonds. The van der Waals surface area contributed by atoms with Crippen molar-refractivity contribution in [3.63, 3.8) is 0 Å². The molecule has 2 heterocycles. The lowest BCUT2D eigenvalue weighted by Gasteiger charge is -2.12. The molecule has 21 heavy (non-hydrogen) atoms. The molecule has 2 aromatic heterocycles. The SMILES string of the molecule is FC(F)(F)c1cc(-n2c(=S)[nH]c3cnccc32)ccc1Br. The zero-order valence-electron chi connectivity index (χ0n) is 10.3. The number of benzene rings is 1. The highest BCUT2D eigenvalue weighted by Gasteiger charge is 2.33. The van der Waals surface area contributed by atoms with Crippen LogP contribution < -0.4 is 0 Å². The third kappa shape index (κ3) is 2.49. The van der Waals surface area contributed by atoms with Crippen molar-refractivity contribution in [2.75, 3.05) is 0 Å². The highest BCUT2D eigenvalue weighted by molar-refractivity contribution is 9.10. The van der Waals surface area contributed by atoms with Gasteiger partial charge < -0.3 is 4.98 Å². The number of pyridine rings is 1. The summed E-state index contributed by atoms with van der Waals surface area (Å²) in [5, 5.41) is 0. The van der Waals surface area contributed by atoms with Crippen LogP contribution in [0.5, 0.6) is 0 Å². The van der Waals surface area contributed by atoms with Gasteiger partial charge in [-0.25, -0.2) is 0 Å². The Morgan fingerprint density at radius 2 is 2.00 bits per heavy atom. The summed E-state index contributed by atoms with van der Waals surface area (Å²) in [6.45, 7) is 0. The van der Waals surface area contributed by atoms with Crippen molar-refractivity contribution in [2.45, 2.75) is 6.18 Å². The van der Waals surface area contributed by atoms with E-state index in [1.54, 1.807) is 29.1 Å². The Morgan fingerprint density at radius 3 is 2.71 bits per heavy atom. The maximum atomic E-state index is 13.0. The number of hydrogen-bond donors (Lipinski definition) is 1. The van der Waals surface area contributed by atoms with Crippen LogP contribution in [0.15, 0.2) is 41.1 Å². The number of aromatic amines is 1. The van der Waals surface area contributed by atoms with Gasteiger partial charge in [-0.3, -0.25) is 9.55 Å². The Bertz CT molecular complexity index is 882. The first-order chi connectivity index (χ1) is 9.88. The van der Waals surface area contributed by atoms with Gasteiger partial charge in [-0.05, 0) is 36.5 Å². The number of hydrogen-bond acceptors (Lipinski definition) is 2. The van der Waals surface area contributed by atoms with E-state index in [-0.39, 0.29) is 4.47 Å². The molecule has 0 saturated heterocycles. The van der Waals surface area contributed by atoms with Gasteiger partial charge in [-0.15, -0.1) is 0 Å². The largest absolute Gasteiger partial charge is 0.417 e. The molecule has 0 aliphatic rings. The standard InChI is InChI=1S/C13H7BrF3N3S/c14-9-2-1-7(5-8(9)13(15,16)17)20-11-3-4-18-6-10(11)19-12(20)21/h1-6H,(H,19,21). The van der Waals surface area contributed by atoms with Crippen molar-refractivity contribution in [1.29, 1.82) is 0 Å². The van der Waals surface area contributed by atoms with E-state index in [2.05, 4.69) is 25.9 Å². The van der Waals surface area contributed by atoms with Crippen LogP contribution in [0.1, 0.15) is 5.56 Å². The Kier molecular flexibility index (Phi) is 3.37. The Labute approximate surface area is 130 Å². The summed E-state index contributed by atoms with van der Waals surface area (Å²) in [5.74, 6) is 0. The average Bonchev–Trinajstić information content (AvgIpc) is 2.74. The first kappa shape index (κ1) is 14.3. The van der Waals surface area contributed by atoms with Crippen LogP contribution in [0, 0.1) is 4.77 Å². The van der Waals surface area contributed by atoms with Gasteiger partial charge in [0.15, 0.2) is 4.77 Å². The topological polar surface area (TPSA) is 33.6 Å². The summed E-state index contributed by atoms with van der Waals surface area (Å²) < 4.78 is 40.9. The van der Waals surface area contributed by atoms with E-state index in [9.17, 15) is 13.2 Å². The molecule has 0 aliphatic heterocycles. The third-order valence-electron chi connectivity index (χ3n) is 3.00. The van der Waals surface area contributed by atoms with Gasteiger partial charge in [0.1, 0.15) is 0 Å². The highest BCUT2D eigenvalue weighted by atomic mass is 79.9. The molecule has 1 N–H and O–H groups in total. The number of nitrogens with zero attached hydrogens (tertiary/aromatic N) is 2. The quantitative estimate of drug-likeness (QED) is 0.617. The van der Waals surface area contributed by atoms with Crippen LogP contribution in [0.2, 0.25) is 0 Å². The summed E-state index contributed by atoms with van der Waals surface area (Å²) >= 11 is 8.12. The van der Waals surface area contributed by atoms with Gasteiger partial charge in [0.25, 0.3) is 0 Å². The fourth-order valence-electron chi connectivity index (χ4n) is 2.08. The van der Waals surface area contributed by atoms with Crippen LogP contribution >= 0.6 is 28.1 Å². The molecule has 0 radical (unpaired) electrons. The number of rotatable bonds is 1. The van der Waals surface area contributed by atoms with Gasteiger partial charge in [0.05, 0.1) is 22.8 Å². The molecule has 3 rings (SSSR count). The maximum absolute atomic E-state index is 13.0. The summed E-state index contributed by atoms with van der Waals surface area (Å²) in [5.41, 5.74) is 0.933. The fraction of sp³-hybridized carbons (Fsp3) is 0.0769. The molecule has 0 bridgehead atoms. The molecule has 0 unspecified atom stereocenters. The number of fused-ring (bicyclic) bond motifs is 1. The minimum Gasteiger partial charge on any atom is -0.329 e. The minimum atomic E-state index is -4.44. The summed E-state index contributed by atoms with van der Waals surface area (Å²) in [6, 6.07) is 5.69. The minimum absolute atomic E-state index is 0.00761. The van der Waals surface area contributed by atoms with Crippen LogP contribution in [0.3, 0.4) is 0 Å². The van der Waals surface area contributed by atoms with Gasteiger partial charge >= 0.3 is 6.18 Å². The highest BCUT2D eigenvalue weighted by Crippen LogP contribution is 2.36. The van der Waals surface area contributed by atoms with E-state index in [0.29, 0.717) is 21.5 Å². The zero-order valence-corrected chi connectivity index (χ0v) is 12.7. The molecule has 3 aromatic rings. The molecule has 108 valence electrons. The van der Waals surface area contributed by atoms with Gasteiger partial charge in [-0.2, -0.15) is 13.2 Å². The number of alkyl halides is 3. The van der Waals surface area contributed by atoms with Gasteiger partial charge in [-0.1, -0.05) is 15.9 Å². The lowest BCUT2D eigenvalue weighted by Crippen LogP contribution is -2.07. The van der Waals surface area contributed by atoms with Crippen LogP contribution in [0.4, 0.5) is 13.2 Å². The average molecular weight is 374 g/mol. The van der Waals surface area contributed by atoms with E-state index in [0.717, 1.165) is 6.07 Å². The molecular formula is C13H7BrF3N3S. The summed E-state index contributed by atoms with van der Waals surface area (Å²) in [7, 11) is 0. The number of halogens is 4. The van der Waals surface area contributed by atoms with E-state index in [1.807, 2.05) is 0 Å². The normalized spacial score (nSPS) is 12.0. The van der Waals surface area contributed by atoms with E-state index < -0.39 is 11.7 Å². The van der Waals surface area contributed by atoms with Crippen LogP contribution in [-0.4, -0.2) is 14.5 Å². The van der Waals surface area contributed by atoms with E-state index >= 15 is 0 Å². The molecule has 1 aromatic carbocycles. The first-order valence-corrected chi connectivity index (χ1v) is 7.00. The van der Waals surface area contributed by atoms with Crippen molar-refractivity contribution in [3.05, 3.63) is 51.5 Å². The van der Waals surface area contributed by atoms with Crippen molar-refractivity contribution in [2.24, 2.45) is 0 Å². The second-order valence-corrected chi connectivity index (χ2v) is 5.56. The number of imidazole rings is 1. The Hall–Kier alpha value is -1.67. The summed E-state index contributed by atoms with van der Waals surface area (Å²) in [6.07, 6.45) is -1.30. The maximum Gasteiger partial charge on any atom is 0.417 e. The third-order valence-corrected chi connectivity index (χ3v) is 3.97. The lowest BCUT2D eigenvalue weighted by molar-refractivity contribution is -0.138. The summed E-state index contributed by atoms with van der Waals surface area (Å²) in [4.78, 5) is 6.87. The van der Waals surface area contributed by atoms with Crippen LogP contribution in [0.25, 0.3) is 16.7 Å². The van der Waals surface area contributed by atoms with Crippen molar-refractivity contribution >= 4 is 39.2 Å². The molecule has 3 nitrogen and oxygen atoms in total. The molecule has 8 heteroatoms. The van der Waals surface area contributed by atoms with E-state index in [1.165, 1.54) is 6.07 Å². The molecule has 0 aliphatic carbocycles. The number of aromatic nitrogens is 3. The number of H-pyrrole nitrogens is 1. The van der Waals surface area contributed by atoms with Gasteiger partial charge in [0.2, 0.25) is 0 Å². The van der Waals surface area contributed by atoms with Crippen LogP contribution in [-0.2, 0) is 6.18 Å². The predicted octanol–water partition coefficient (Wildman–Crippen LogP) is 4.86. The first-order valence-electron chi connectivity index (χ1n) is 5.80. The smallest absolute Gasteiger partial charge is 0.329 e. The number of nitrogens with one attached hydrogen (secondary N) is 1. The molecule has 0 fully saturated rings. The fourth-order valence-corrected chi connectivity index (χ4v) is 2.87. The lowest BCUT2D eigenvalue weighted by atomic mass is 10.2. The predicted molar refractivity (Wildman–Crippen MR) is 79.0 cm³/mol. The second-order valence-electron chi connectivity index (χ2n) is 4.32. The second kappa shape index (κ2) is 4.96. The molecule has 0 saturated carbocycles. The van der Waals surface area contributed by atoms with Crippen molar-refractivity contribution < 1.29 is 13.2 Å². The van der Waals surface area contributed by atoms with Gasteiger partial charge in [0, 0.05) is 16.4 Å². The Morgan fingerprint density at radius 1 is 1.24 bits per heavy atom. The van der Waals surface area contributed by atoms with Crippen molar-refractivity contribution in [1.82, 2.24) is 14.5 Å².